The number of hydrogen-bond donors (Lipinski definition) is 2. The molecule has 30 heavy (non-hydrogen) atoms. The van der Waals surface area contributed by atoms with Gasteiger partial charge in [-0.25, -0.2) is 9.98 Å². The first kappa shape index (κ1) is 23.4. The molecule has 0 aliphatic rings. The third-order valence-corrected chi connectivity index (χ3v) is 4.02. The van der Waals surface area contributed by atoms with Crippen LogP contribution in [0.25, 0.3) is 0 Å². The molecule has 166 valence electrons. The first-order valence-corrected chi connectivity index (χ1v) is 9.91. The second-order valence-corrected chi connectivity index (χ2v) is 7.47. The van der Waals surface area contributed by atoms with Crippen LogP contribution in [0.1, 0.15) is 51.8 Å². The van der Waals surface area contributed by atoms with Gasteiger partial charge in [0.1, 0.15) is 5.76 Å². The molecule has 0 radical (unpaired) electrons. The van der Waals surface area contributed by atoms with Crippen molar-refractivity contribution in [3.05, 3.63) is 41.6 Å². The number of ether oxygens (including phenoxy) is 2. The van der Waals surface area contributed by atoms with Crippen molar-refractivity contribution in [1.82, 2.24) is 15.6 Å². The predicted octanol–water partition coefficient (Wildman–Crippen LogP) is 4.23. The van der Waals surface area contributed by atoms with Gasteiger partial charge in [0, 0.05) is 17.5 Å². The zero-order valence-corrected chi connectivity index (χ0v) is 18.1. The zero-order valence-electron chi connectivity index (χ0n) is 18.1. The van der Waals surface area contributed by atoms with Crippen LogP contribution >= 0.6 is 0 Å². The minimum absolute atomic E-state index is 0.00327. The van der Waals surface area contributed by atoms with E-state index in [2.05, 4.69) is 20.6 Å². The highest BCUT2D eigenvalue weighted by Gasteiger charge is 2.19. The van der Waals surface area contributed by atoms with E-state index in [0.717, 1.165) is 5.76 Å². The van der Waals surface area contributed by atoms with Gasteiger partial charge in [-0.3, -0.25) is 0 Å². The van der Waals surface area contributed by atoms with Gasteiger partial charge in [-0.2, -0.15) is 8.78 Å². The fourth-order valence-corrected chi connectivity index (χ4v) is 2.58. The van der Waals surface area contributed by atoms with Crippen molar-refractivity contribution in [2.75, 3.05) is 13.2 Å². The summed E-state index contributed by atoms with van der Waals surface area (Å²) in [5.74, 6) is 2.08. The molecule has 0 spiro atoms. The van der Waals surface area contributed by atoms with Crippen molar-refractivity contribution >= 4 is 5.96 Å². The Morgan fingerprint density at radius 3 is 2.60 bits per heavy atom. The van der Waals surface area contributed by atoms with Crippen LogP contribution in [-0.2, 0) is 18.5 Å². The maximum Gasteiger partial charge on any atom is 0.387 e. The Hall–Kier alpha value is -2.84. The molecule has 1 aromatic heterocycles. The monoisotopic (exact) mass is 424 g/mol. The molecule has 0 unspecified atom stereocenters. The lowest BCUT2D eigenvalue weighted by molar-refractivity contribution is -0.0520. The Kier molecular flexibility index (Phi) is 8.44. The molecule has 0 aliphatic carbocycles. The van der Waals surface area contributed by atoms with Crippen LogP contribution in [0.3, 0.4) is 0 Å². The quantitative estimate of drug-likeness (QED) is 0.463. The number of nitrogens with zero attached hydrogens (tertiary/aromatic N) is 2. The van der Waals surface area contributed by atoms with Crippen molar-refractivity contribution in [1.29, 1.82) is 0 Å². The maximum absolute atomic E-state index is 12.9. The van der Waals surface area contributed by atoms with Crippen molar-refractivity contribution in [2.45, 2.75) is 59.7 Å². The summed E-state index contributed by atoms with van der Waals surface area (Å²) in [6.45, 7) is 8.32. The fourth-order valence-electron chi connectivity index (χ4n) is 2.58. The number of oxazole rings is 1. The Labute approximate surface area is 175 Å². The van der Waals surface area contributed by atoms with E-state index in [-0.39, 0.29) is 23.5 Å². The SMILES string of the molecule is CCNC(=NCc1cccc(OCC)c1OC(F)F)NCc1ncc(C(C)(C)C)o1. The molecule has 0 fully saturated rings. The number of alkyl halides is 2. The highest BCUT2D eigenvalue weighted by Crippen LogP contribution is 2.33. The van der Waals surface area contributed by atoms with Gasteiger partial charge in [-0.15, -0.1) is 0 Å². The lowest BCUT2D eigenvalue weighted by Crippen LogP contribution is -2.36. The molecule has 2 aromatic rings. The fraction of sp³-hybridized carbons (Fsp3) is 0.524. The summed E-state index contributed by atoms with van der Waals surface area (Å²) in [6.07, 6.45) is 1.72. The summed E-state index contributed by atoms with van der Waals surface area (Å²) in [5.41, 5.74) is 0.362. The zero-order chi connectivity index (χ0) is 22.1. The first-order chi connectivity index (χ1) is 14.2. The van der Waals surface area contributed by atoms with Crippen LogP contribution in [0.2, 0.25) is 0 Å². The summed E-state index contributed by atoms with van der Waals surface area (Å²) in [7, 11) is 0. The molecule has 9 heteroatoms. The molecular formula is C21H30F2N4O3. The summed E-state index contributed by atoms with van der Waals surface area (Å²) in [4.78, 5) is 8.75. The highest BCUT2D eigenvalue weighted by molar-refractivity contribution is 5.79. The van der Waals surface area contributed by atoms with Gasteiger partial charge in [0.15, 0.2) is 17.5 Å². The van der Waals surface area contributed by atoms with Gasteiger partial charge in [0.25, 0.3) is 0 Å². The van der Waals surface area contributed by atoms with E-state index in [1.54, 1.807) is 31.3 Å². The minimum atomic E-state index is -2.96. The van der Waals surface area contributed by atoms with Crippen molar-refractivity contribution < 1.29 is 22.7 Å². The number of benzene rings is 1. The van der Waals surface area contributed by atoms with E-state index in [1.807, 2.05) is 27.7 Å². The number of para-hydroxylation sites is 1. The molecule has 2 rings (SSSR count). The summed E-state index contributed by atoms with van der Waals surface area (Å²) in [6, 6.07) is 4.99. The highest BCUT2D eigenvalue weighted by atomic mass is 19.3. The molecule has 1 heterocycles. The van der Waals surface area contributed by atoms with Crippen LogP contribution in [0.5, 0.6) is 11.5 Å². The molecule has 0 bridgehead atoms. The molecule has 7 nitrogen and oxygen atoms in total. The molecule has 0 atom stereocenters. The average Bonchev–Trinajstić information content (AvgIpc) is 3.15. The first-order valence-electron chi connectivity index (χ1n) is 9.91. The average molecular weight is 424 g/mol. The van der Waals surface area contributed by atoms with E-state index in [1.165, 1.54) is 0 Å². The van der Waals surface area contributed by atoms with E-state index in [0.29, 0.717) is 37.1 Å². The standard InChI is InChI=1S/C21H30F2N4O3/c1-6-24-20(27-13-17-25-12-16(29-17)21(3,4)5)26-11-14-9-8-10-15(28-7-2)18(14)30-19(22)23/h8-10,12,19H,6-7,11,13H2,1-5H3,(H2,24,26,27). The van der Waals surface area contributed by atoms with Crippen LogP contribution in [0.15, 0.2) is 33.8 Å². The lowest BCUT2D eigenvalue weighted by atomic mass is 9.94. The molecule has 0 amide bonds. The Morgan fingerprint density at radius 2 is 2.00 bits per heavy atom. The number of hydrogen-bond acceptors (Lipinski definition) is 5. The molecule has 1 aromatic carbocycles. The topological polar surface area (TPSA) is 80.9 Å². The van der Waals surface area contributed by atoms with Crippen molar-refractivity contribution in [3.8, 4) is 11.5 Å². The van der Waals surface area contributed by atoms with Crippen LogP contribution in [0.4, 0.5) is 8.78 Å². The maximum atomic E-state index is 12.9. The third kappa shape index (κ3) is 6.89. The molecule has 0 aliphatic heterocycles. The largest absolute Gasteiger partial charge is 0.490 e. The second kappa shape index (κ2) is 10.8. The predicted molar refractivity (Wildman–Crippen MR) is 111 cm³/mol. The molecule has 2 N–H and O–H groups in total. The van der Waals surface area contributed by atoms with Gasteiger partial charge in [0.05, 0.1) is 25.9 Å². The van der Waals surface area contributed by atoms with E-state index < -0.39 is 6.61 Å². The number of nitrogens with one attached hydrogen (secondary N) is 2. The van der Waals surface area contributed by atoms with Crippen LogP contribution in [-0.4, -0.2) is 30.7 Å². The van der Waals surface area contributed by atoms with E-state index in [4.69, 9.17) is 13.9 Å². The van der Waals surface area contributed by atoms with Crippen LogP contribution in [0, 0.1) is 0 Å². The smallest absolute Gasteiger partial charge is 0.387 e. The number of rotatable bonds is 9. The lowest BCUT2D eigenvalue weighted by Gasteiger charge is -2.15. The van der Waals surface area contributed by atoms with Crippen molar-refractivity contribution in [3.63, 3.8) is 0 Å². The summed E-state index contributed by atoms with van der Waals surface area (Å²) < 4.78 is 41.6. The number of aliphatic imine (C=N–C) groups is 1. The van der Waals surface area contributed by atoms with Gasteiger partial charge >= 0.3 is 6.61 Å². The van der Waals surface area contributed by atoms with Gasteiger partial charge in [-0.1, -0.05) is 32.9 Å². The van der Waals surface area contributed by atoms with Gasteiger partial charge in [-0.05, 0) is 19.9 Å². The van der Waals surface area contributed by atoms with Gasteiger partial charge in [0.2, 0.25) is 5.89 Å². The van der Waals surface area contributed by atoms with Crippen LogP contribution < -0.4 is 20.1 Å². The summed E-state index contributed by atoms with van der Waals surface area (Å²) in [5, 5.41) is 6.24. The third-order valence-electron chi connectivity index (χ3n) is 4.02. The Morgan fingerprint density at radius 1 is 1.23 bits per heavy atom. The Bertz CT molecular complexity index is 832. The normalized spacial score (nSPS) is 12.2. The van der Waals surface area contributed by atoms with E-state index in [9.17, 15) is 8.78 Å². The van der Waals surface area contributed by atoms with E-state index >= 15 is 0 Å². The summed E-state index contributed by atoms with van der Waals surface area (Å²) >= 11 is 0. The number of guanidine groups is 1. The molecule has 0 saturated carbocycles. The Balaban J connectivity index is 2.14. The van der Waals surface area contributed by atoms with Gasteiger partial charge < -0.3 is 24.5 Å². The van der Waals surface area contributed by atoms with Crippen molar-refractivity contribution in [2.24, 2.45) is 4.99 Å². The minimum Gasteiger partial charge on any atom is -0.490 e. The number of halogens is 2. The molecule has 0 saturated heterocycles. The second-order valence-electron chi connectivity index (χ2n) is 7.47. The number of aromatic nitrogens is 1. The molecular weight excluding hydrogens is 394 g/mol.